The van der Waals surface area contributed by atoms with Gasteiger partial charge in [0.2, 0.25) is 0 Å². The molecule has 1 saturated heterocycles. The van der Waals surface area contributed by atoms with Crippen LogP contribution >= 0.6 is 11.6 Å². The highest BCUT2D eigenvalue weighted by Gasteiger charge is 2.28. The van der Waals surface area contributed by atoms with E-state index in [1.165, 1.54) is 0 Å². The van der Waals surface area contributed by atoms with E-state index in [2.05, 4.69) is 10.2 Å². The molecule has 1 aliphatic heterocycles. The molecule has 1 aromatic heterocycles. The summed E-state index contributed by atoms with van der Waals surface area (Å²) in [6.07, 6.45) is 3.48. The van der Waals surface area contributed by atoms with Crippen molar-refractivity contribution >= 4 is 46.7 Å². The van der Waals surface area contributed by atoms with Gasteiger partial charge in [0.05, 0.1) is 21.8 Å². The summed E-state index contributed by atoms with van der Waals surface area (Å²) >= 11 is 6.46. The predicted molar refractivity (Wildman–Crippen MR) is 130 cm³/mol. The summed E-state index contributed by atoms with van der Waals surface area (Å²) in [6.45, 7) is 7.23. The molecule has 7 nitrogen and oxygen atoms in total. The number of nitrogens with one attached hydrogen (secondary N) is 1. The Bertz CT molecular complexity index is 1200. The molecule has 1 N–H and O–H groups in total. The van der Waals surface area contributed by atoms with Gasteiger partial charge in [-0.05, 0) is 50.6 Å². The minimum atomic E-state index is -0.544. The minimum Gasteiger partial charge on any atom is -0.444 e. The number of H-pyrrole nitrogens is 1. The van der Waals surface area contributed by atoms with Crippen molar-refractivity contribution < 1.29 is 14.3 Å². The number of carbonyl (C=O) groups is 2. The Kier molecular flexibility index (Phi) is 6.42. The maximum Gasteiger partial charge on any atom is 0.410 e. The molecule has 8 heteroatoms. The highest BCUT2D eigenvalue weighted by molar-refractivity contribution is 6.34. The zero-order valence-electron chi connectivity index (χ0n) is 19.0. The van der Waals surface area contributed by atoms with Crippen LogP contribution in [0.2, 0.25) is 5.02 Å². The molecule has 0 unspecified atom stereocenters. The second-order valence-corrected chi connectivity index (χ2v) is 9.39. The average Bonchev–Trinajstić information content (AvgIpc) is 3.19. The van der Waals surface area contributed by atoms with Crippen LogP contribution in [0.15, 0.2) is 42.5 Å². The zero-order chi connectivity index (χ0) is 23.6. The Morgan fingerprint density at radius 3 is 2.42 bits per heavy atom. The Balaban J connectivity index is 1.40. The minimum absolute atomic E-state index is 0.141. The summed E-state index contributed by atoms with van der Waals surface area (Å²) in [5.74, 6) is -0.141. The van der Waals surface area contributed by atoms with E-state index in [1.54, 1.807) is 21.9 Å². The smallest absolute Gasteiger partial charge is 0.410 e. The number of ether oxygens (including phenoxy) is 1. The third kappa shape index (κ3) is 5.37. The van der Waals surface area contributed by atoms with Crippen molar-refractivity contribution in [3.63, 3.8) is 0 Å². The van der Waals surface area contributed by atoms with E-state index in [-0.39, 0.29) is 12.0 Å². The van der Waals surface area contributed by atoms with Gasteiger partial charge >= 0.3 is 6.09 Å². The van der Waals surface area contributed by atoms with Crippen LogP contribution in [0.3, 0.4) is 0 Å². The van der Waals surface area contributed by atoms with Gasteiger partial charge in [0.1, 0.15) is 5.60 Å². The monoisotopic (exact) mass is 466 g/mol. The number of halogens is 1. The normalized spacial score (nSPS) is 14.8. The Hall–Kier alpha value is -3.32. The van der Waals surface area contributed by atoms with Crippen LogP contribution in [-0.2, 0) is 4.74 Å². The first-order chi connectivity index (χ1) is 15.7. The standard InChI is InChI=1S/C25H27ClN4O3/c1-25(2,3)33-24(32)30-14-12-29(13-15-30)23(31)18-10-8-17(16-20(18)26)9-11-22-19-6-4-5-7-21(19)27-28-22/h4-11,16H,12-15H2,1-3H3,(H,27,28). The Labute approximate surface area is 198 Å². The molecule has 2 heterocycles. The molecule has 3 aromatic rings. The van der Waals surface area contributed by atoms with E-state index < -0.39 is 5.60 Å². The van der Waals surface area contributed by atoms with Gasteiger partial charge in [0, 0.05) is 31.6 Å². The van der Waals surface area contributed by atoms with Gasteiger partial charge < -0.3 is 14.5 Å². The molecule has 4 rings (SSSR count). The lowest BCUT2D eigenvalue weighted by atomic mass is 10.1. The van der Waals surface area contributed by atoms with Gasteiger partial charge in [0.15, 0.2) is 0 Å². The summed E-state index contributed by atoms with van der Waals surface area (Å²) < 4.78 is 5.41. The molecule has 33 heavy (non-hydrogen) atoms. The lowest BCUT2D eigenvalue weighted by Gasteiger charge is -2.35. The van der Waals surface area contributed by atoms with Gasteiger partial charge in [-0.25, -0.2) is 4.79 Å². The first-order valence-electron chi connectivity index (χ1n) is 10.9. The van der Waals surface area contributed by atoms with Crippen LogP contribution < -0.4 is 0 Å². The van der Waals surface area contributed by atoms with E-state index in [1.807, 2.05) is 63.3 Å². The fourth-order valence-electron chi connectivity index (χ4n) is 3.68. The van der Waals surface area contributed by atoms with Crippen LogP contribution in [0.1, 0.15) is 42.4 Å². The molecule has 0 aliphatic carbocycles. The Morgan fingerprint density at radius 2 is 1.73 bits per heavy atom. The van der Waals surface area contributed by atoms with Crippen molar-refractivity contribution in [1.29, 1.82) is 0 Å². The van der Waals surface area contributed by atoms with E-state index >= 15 is 0 Å². The highest BCUT2D eigenvalue weighted by atomic mass is 35.5. The summed E-state index contributed by atoms with van der Waals surface area (Å²) in [7, 11) is 0. The summed E-state index contributed by atoms with van der Waals surface area (Å²) in [6, 6.07) is 13.3. The molecule has 0 radical (unpaired) electrons. The van der Waals surface area contributed by atoms with Crippen molar-refractivity contribution in [3.8, 4) is 0 Å². The summed E-state index contributed by atoms with van der Waals surface area (Å²) in [5, 5.41) is 8.77. The van der Waals surface area contributed by atoms with Crippen LogP contribution in [-0.4, -0.2) is 63.8 Å². The third-order valence-corrected chi connectivity index (χ3v) is 5.69. The molecule has 2 amide bonds. The second kappa shape index (κ2) is 9.27. The number of benzene rings is 2. The van der Waals surface area contributed by atoms with E-state index in [4.69, 9.17) is 16.3 Å². The van der Waals surface area contributed by atoms with Crippen molar-refractivity contribution in [2.24, 2.45) is 0 Å². The number of para-hydroxylation sites is 1. The van der Waals surface area contributed by atoms with Gasteiger partial charge in [-0.1, -0.05) is 41.9 Å². The SMILES string of the molecule is CC(C)(C)OC(=O)N1CCN(C(=O)c2ccc(C=Cc3n[nH]c4ccccc34)cc2Cl)CC1. The number of aromatic nitrogens is 2. The second-order valence-electron chi connectivity index (χ2n) is 8.99. The number of piperazine rings is 1. The van der Waals surface area contributed by atoms with E-state index in [9.17, 15) is 9.59 Å². The number of nitrogens with zero attached hydrogens (tertiary/aromatic N) is 3. The third-order valence-electron chi connectivity index (χ3n) is 5.38. The molecule has 0 spiro atoms. The Morgan fingerprint density at radius 1 is 1.03 bits per heavy atom. The van der Waals surface area contributed by atoms with Crippen LogP contribution in [0.4, 0.5) is 4.79 Å². The van der Waals surface area contributed by atoms with Gasteiger partial charge in [0.25, 0.3) is 5.91 Å². The summed E-state index contributed by atoms with van der Waals surface area (Å²) in [5.41, 5.74) is 2.59. The number of hydrogen-bond donors (Lipinski definition) is 1. The maximum atomic E-state index is 13.0. The lowest BCUT2D eigenvalue weighted by molar-refractivity contribution is 0.0141. The number of amides is 2. The largest absolute Gasteiger partial charge is 0.444 e. The fourth-order valence-corrected chi connectivity index (χ4v) is 3.95. The zero-order valence-corrected chi connectivity index (χ0v) is 19.7. The number of fused-ring (bicyclic) bond motifs is 1. The maximum absolute atomic E-state index is 13.0. The number of aromatic amines is 1. The molecule has 1 aliphatic rings. The number of carbonyl (C=O) groups excluding carboxylic acids is 2. The lowest BCUT2D eigenvalue weighted by Crippen LogP contribution is -2.51. The number of hydrogen-bond acceptors (Lipinski definition) is 4. The van der Waals surface area contributed by atoms with Crippen molar-refractivity contribution in [3.05, 3.63) is 64.3 Å². The van der Waals surface area contributed by atoms with E-state index in [0.29, 0.717) is 36.8 Å². The van der Waals surface area contributed by atoms with Crippen LogP contribution in [0, 0.1) is 0 Å². The highest BCUT2D eigenvalue weighted by Crippen LogP contribution is 2.23. The van der Waals surface area contributed by atoms with Crippen LogP contribution in [0.5, 0.6) is 0 Å². The molecule has 2 aromatic carbocycles. The molecule has 172 valence electrons. The first-order valence-corrected chi connectivity index (χ1v) is 11.3. The number of rotatable bonds is 3. The van der Waals surface area contributed by atoms with Gasteiger partial charge in [-0.15, -0.1) is 0 Å². The molecule has 0 bridgehead atoms. The van der Waals surface area contributed by atoms with Crippen molar-refractivity contribution in [2.75, 3.05) is 26.2 Å². The quantitative estimate of drug-likeness (QED) is 0.583. The molecular formula is C25H27ClN4O3. The van der Waals surface area contributed by atoms with Crippen molar-refractivity contribution in [2.45, 2.75) is 26.4 Å². The molecule has 0 atom stereocenters. The van der Waals surface area contributed by atoms with Gasteiger partial charge in [-0.2, -0.15) is 5.10 Å². The fraction of sp³-hybridized carbons (Fsp3) is 0.320. The molecule has 0 saturated carbocycles. The van der Waals surface area contributed by atoms with Gasteiger partial charge in [-0.3, -0.25) is 9.89 Å². The van der Waals surface area contributed by atoms with Crippen molar-refractivity contribution in [1.82, 2.24) is 20.0 Å². The molecular weight excluding hydrogens is 440 g/mol. The van der Waals surface area contributed by atoms with E-state index in [0.717, 1.165) is 22.2 Å². The average molecular weight is 467 g/mol. The topological polar surface area (TPSA) is 78.5 Å². The first kappa shape index (κ1) is 22.9. The predicted octanol–water partition coefficient (Wildman–Crippen LogP) is 5.08. The van der Waals surface area contributed by atoms with Crippen LogP contribution in [0.25, 0.3) is 23.1 Å². The summed E-state index contributed by atoms with van der Waals surface area (Å²) in [4.78, 5) is 28.6. The molecule has 1 fully saturated rings.